The van der Waals surface area contributed by atoms with Crippen molar-refractivity contribution in [2.24, 2.45) is 0 Å². The van der Waals surface area contributed by atoms with E-state index >= 15 is 0 Å². The molecular formula is C16H31NaO5S. The average molecular weight is 358 g/mol. The van der Waals surface area contributed by atoms with Crippen molar-refractivity contribution in [3.05, 3.63) is 12.2 Å². The van der Waals surface area contributed by atoms with E-state index < -0.39 is 16.1 Å². The molecule has 0 aliphatic rings. The quantitative estimate of drug-likeness (QED) is 0.154. The van der Waals surface area contributed by atoms with Gasteiger partial charge in [-0.25, -0.2) is 4.79 Å². The molecule has 0 aromatic carbocycles. The van der Waals surface area contributed by atoms with Crippen LogP contribution in [0.5, 0.6) is 0 Å². The van der Waals surface area contributed by atoms with Gasteiger partial charge in [0.2, 0.25) is 0 Å². The maximum absolute atomic E-state index is 11.5. The monoisotopic (exact) mass is 358 g/mol. The Morgan fingerprint density at radius 1 is 0.957 bits per heavy atom. The molecule has 0 unspecified atom stereocenters. The summed E-state index contributed by atoms with van der Waals surface area (Å²) in [5.41, 5.74) is 0.0918. The van der Waals surface area contributed by atoms with Crippen molar-refractivity contribution in [2.75, 3.05) is 5.75 Å². The molecule has 0 aliphatic carbocycles. The summed E-state index contributed by atoms with van der Waals surface area (Å²) in [7, 11) is -3.80. The van der Waals surface area contributed by atoms with Gasteiger partial charge in [0, 0.05) is 5.57 Å². The van der Waals surface area contributed by atoms with Gasteiger partial charge in [-0.3, -0.25) is 4.89 Å². The number of rotatable bonds is 14. The fraction of sp³-hybridized carbons (Fsp3) is 0.812. The molecule has 7 heteroatoms. The van der Waals surface area contributed by atoms with Crippen LogP contribution in [0, 0.1) is 0 Å². The molecule has 5 nitrogen and oxygen atoms in total. The van der Waals surface area contributed by atoms with Crippen LogP contribution >= 0.6 is 0 Å². The molecule has 0 aliphatic heterocycles. The number of carbonyl (C=O) groups excluding carboxylic acids is 1. The first-order chi connectivity index (χ1) is 10.4. The van der Waals surface area contributed by atoms with Crippen LogP contribution in [0.3, 0.4) is 0 Å². The Morgan fingerprint density at radius 2 is 1.39 bits per heavy atom. The van der Waals surface area contributed by atoms with E-state index in [9.17, 15) is 13.2 Å². The van der Waals surface area contributed by atoms with Gasteiger partial charge >= 0.3 is 45.6 Å². The van der Waals surface area contributed by atoms with E-state index in [1.807, 2.05) is 0 Å². The number of unbranched alkanes of at least 4 members (excludes halogenated alkanes) is 9. The first kappa shape index (κ1) is 25.4. The molecule has 0 saturated carbocycles. The second kappa shape index (κ2) is 15.6. The summed E-state index contributed by atoms with van der Waals surface area (Å²) in [6, 6.07) is 0. The zero-order chi connectivity index (χ0) is 16.8. The van der Waals surface area contributed by atoms with Crippen molar-refractivity contribution < 1.29 is 53.4 Å². The summed E-state index contributed by atoms with van der Waals surface area (Å²) < 4.78 is 27.1. The van der Waals surface area contributed by atoms with Crippen molar-refractivity contribution in [3.63, 3.8) is 0 Å². The molecular weight excluding hydrogens is 327 g/mol. The Labute approximate surface area is 165 Å². The van der Waals surface area contributed by atoms with E-state index in [0.29, 0.717) is 6.42 Å². The minimum atomic E-state index is -3.80. The summed E-state index contributed by atoms with van der Waals surface area (Å²) in [5.74, 6) is -1.00. The topological polar surface area (TPSA) is 69.7 Å². The van der Waals surface area contributed by atoms with Crippen molar-refractivity contribution >= 4 is 16.1 Å². The molecule has 0 heterocycles. The van der Waals surface area contributed by atoms with E-state index in [1.165, 1.54) is 45.4 Å². The van der Waals surface area contributed by atoms with Crippen LogP contribution in [0.25, 0.3) is 0 Å². The number of carbonyl (C=O) groups is 1. The SMILES string of the molecule is C=C(C)C(=O)OOS(=O)(=O)CCCCCCCCCCCC.[H-].[Na+]. The van der Waals surface area contributed by atoms with Crippen molar-refractivity contribution in [2.45, 2.75) is 78.1 Å². The second-order valence-corrected chi connectivity index (χ2v) is 7.32. The summed E-state index contributed by atoms with van der Waals surface area (Å²) in [6.07, 6.45) is 11.2. The molecule has 0 aromatic heterocycles. The number of hydrogen-bond donors (Lipinski definition) is 0. The molecule has 0 amide bonds. The summed E-state index contributed by atoms with van der Waals surface area (Å²) in [5, 5.41) is 0. The van der Waals surface area contributed by atoms with Gasteiger partial charge in [0.1, 0.15) is 0 Å². The molecule has 0 atom stereocenters. The van der Waals surface area contributed by atoms with Crippen LogP contribution in [-0.4, -0.2) is 20.1 Å². The Morgan fingerprint density at radius 3 is 1.83 bits per heavy atom. The smallest absolute Gasteiger partial charge is 1.00 e. The zero-order valence-corrected chi connectivity index (χ0v) is 17.8. The first-order valence-corrected chi connectivity index (χ1v) is 9.75. The third-order valence-electron chi connectivity index (χ3n) is 3.31. The zero-order valence-electron chi connectivity index (χ0n) is 15.9. The van der Waals surface area contributed by atoms with Gasteiger partial charge in [-0.2, -0.15) is 8.42 Å². The Bertz CT molecular complexity index is 426. The third kappa shape index (κ3) is 16.8. The minimum Gasteiger partial charge on any atom is -1.00 e. The van der Waals surface area contributed by atoms with Crippen LogP contribution < -0.4 is 29.6 Å². The summed E-state index contributed by atoms with van der Waals surface area (Å²) in [6.45, 7) is 6.96. The average Bonchev–Trinajstić information content (AvgIpc) is 2.46. The first-order valence-electron chi connectivity index (χ1n) is 8.17. The maximum atomic E-state index is 11.5. The van der Waals surface area contributed by atoms with E-state index in [-0.39, 0.29) is 42.3 Å². The predicted molar refractivity (Wildman–Crippen MR) is 88.7 cm³/mol. The van der Waals surface area contributed by atoms with Crippen molar-refractivity contribution in [1.82, 2.24) is 0 Å². The minimum absolute atomic E-state index is 0. The van der Waals surface area contributed by atoms with Gasteiger partial charge in [0.15, 0.2) is 0 Å². The van der Waals surface area contributed by atoms with Gasteiger partial charge in [0.25, 0.3) is 0 Å². The molecule has 23 heavy (non-hydrogen) atoms. The van der Waals surface area contributed by atoms with Gasteiger partial charge in [-0.05, 0) is 13.3 Å². The maximum Gasteiger partial charge on any atom is 1.00 e. The van der Waals surface area contributed by atoms with E-state index in [1.54, 1.807) is 0 Å². The van der Waals surface area contributed by atoms with E-state index in [0.717, 1.165) is 19.3 Å². The molecule has 132 valence electrons. The van der Waals surface area contributed by atoms with Crippen molar-refractivity contribution in [3.8, 4) is 0 Å². The molecule has 0 bridgehead atoms. The molecule has 0 radical (unpaired) electrons. The van der Waals surface area contributed by atoms with Gasteiger partial charge in [-0.15, -0.1) is 0 Å². The molecule has 0 saturated heterocycles. The molecule has 0 aromatic rings. The van der Waals surface area contributed by atoms with Gasteiger partial charge in [0.05, 0.1) is 5.75 Å². The normalized spacial score (nSPS) is 10.9. The standard InChI is InChI=1S/C16H30O5S.Na.H/c1-4-5-6-7-8-9-10-11-12-13-14-22(18,19)21-20-16(17)15(2)3;;/h2,4-14H2,1,3H3;;/q;+1;-1. The largest absolute Gasteiger partial charge is 1.00 e. The van der Waals surface area contributed by atoms with E-state index in [4.69, 9.17) is 0 Å². The van der Waals surface area contributed by atoms with Crippen LogP contribution in [0.1, 0.15) is 79.5 Å². The fourth-order valence-corrected chi connectivity index (χ4v) is 2.75. The Hall–Kier alpha value is 0.120. The number of hydrogen-bond acceptors (Lipinski definition) is 5. The van der Waals surface area contributed by atoms with Crippen LogP contribution in [0.4, 0.5) is 0 Å². The van der Waals surface area contributed by atoms with Gasteiger partial charge < -0.3 is 1.43 Å². The van der Waals surface area contributed by atoms with Crippen LogP contribution in [-0.2, 0) is 24.1 Å². The van der Waals surface area contributed by atoms with E-state index in [2.05, 4.69) is 22.7 Å². The fourth-order valence-electron chi connectivity index (χ4n) is 1.95. The Kier molecular flexibility index (Phi) is 17.2. The molecule has 0 fully saturated rings. The van der Waals surface area contributed by atoms with Crippen molar-refractivity contribution in [1.29, 1.82) is 0 Å². The molecule has 0 spiro atoms. The molecule has 0 N–H and O–H groups in total. The third-order valence-corrected chi connectivity index (χ3v) is 4.37. The Balaban J connectivity index is -0.00000220. The second-order valence-electron chi connectivity index (χ2n) is 5.66. The summed E-state index contributed by atoms with van der Waals surface area (Å²) >= 11 is 0. The van der Waals surface area contributed by atoms with Gasteiger partial charge in [-0.1, -0.05) is 75.6 Å². The predicted octanol–water partition coefficient (Wildman–Crippen LogP) is 1.40. The summed E-state index contributed by atoms with van der Waals surface area (Å²) in [4.78, 5) is 15.2. The van der Waals surface area contributed by atoms with Crippen LogP contribution in [0.2, 0.25) is 0 Å². The molecule has 0 rings (SSSR count). The van der Waals surface area contributed by atoms with Crippen LogP contribution in [0.15, 0.2) is 12.2 Å².